The average molecular weight is 455 g/mol. The minimum Gasteiger partial charge on any atom is -0.366 e. The zero-order chi connectivity index (χ0) is 23.5. The van der Waals surface area contributed by atoms with Crippen LogP contribution in [0.1, 0.15) is 45.5 Å². The molecule has 0 aromatic heterocycles. The van der Waals surface area contributed by atoms with Crippen molar-refractivity contribution in [2.75, 3.05) is 31.1 Å². The van der Waals surface area contributed by atoms with Crippen molar-refractivity contribution in [3.8, 4) is 11.1 Å². The van der Waals surface area contributed by atoms with E-state index in [9.17, 15) is 9.59 Å². The van der Waals surface area contributed by atoms with Crippen molar-refractivity contribution in [2.24, 2.45) is 5.73 Å². The highest BCUT2D eigenvalue weighted by Crippen LogP contribution is 2.38. The number of likely N-dealkylation sites (tertiary alicyclic amines) is 1. The van der Waals surface area contributed by atoms with Crippen molar-refractivity contribution >= 4 is 23.2 Å². The lowest BCUT2D eigenvalue weighted by molar-refractivity contribution is 0.0964. The number of anilines is 2. The van der Waals surface area contributed by atoms with Crippen LogP contribution in [0.15, 0.2) is 66.7 Å². The summed E-state index contributed by atoms with van der Waals surface area (Å²) in [5.74, 6) is -0.485. The van der Waals surface area contributed by atoms with E-state index in [-0.39, 0.29) is 5.91 Å². The van der Waals surface area contributed by atoms with Gasteiger partial charge in [-0.25, -0.2) is 0 Å². The second kappa shape index (κ2) is 9.69. The average Bonchev–Trinajstić information content (AvgIpc) is 3.52. The van der Waals surface area contributed by atoms with Crippen LogP contribution >= 0.6 is 0 Å². The van der Waals surface area contributed by atoms with E-state index in [1.807, 2.05) is 30.3 Å². The molecule has 2 aliphatic rings. The molecule has 6 nitrogen and oxygen atoms in total. The van der Waals surface area contributed by atoms with E-state index < -0.39 is 5.91 Å². The molecule has 0 radical (unpaired) electrons. The number of primary amides is 1. The number of hydrogen-bond donors (Lipinski definition) is 2. The number of nitrogens with zero attached hydrogens (tertiary/aromatic N) is 2. The molecule has 0 aliphatic carbocycles. The summed E-state index contributed by atoms with van der Waals surface area (Å²) in [6, 6.07) is 21.7. The van der Waals surface area contributed by atoms with E-state index >= 15 is 0 Å². The summed E-state index contributed by atoms with van der Waals surface area (Å²) in [4.78, 5) is 29.3. The first-order chi connectivity index (χ1) is 16.6. The molecule has 1 saturated heterocycles. The van der Waals surface area contributed by atoms with E-state index in [1.165, 1.54) is 12.8 Å². The first kappa shape index (κ1) is 22.2. The van der Waals surface area contributed by atoms with Gasteiger partial charge in [0.15, 0.2) is 0 Å². The van der Waals surface area contributed by atoms with Gasteiger partial charge in [0.1, 0.15) is 0 Å². The molecule has 34 heavy (non-hydrogen) atoms. The van der Waals surface area contributed by atoms with E-state index in [2.05, 4.69) is 39.4 Å². The van der Waals surface area contributed by atoms with Crippen molar-refractivity contribution in [1.29, 1.82) is 0 Å². The second-order valence-corrected chi connectivity index (χ2v) is 9.00. The number of fused-ring (bicyclic) bond motifs is 1. The van der Waals surface area contributed by atoms with Gasteiger partial charge < -0.3 is 20.9 Å². The number of benzene rings is 3. The fourth-order valence-corrected chi connectivity index (χ4v) is 5.10. The third kappa shape index (κ3) is 4.41. The third-order valence-corrected chi connectivity index (χ3v) is 6.84. The molecule has 5 rings (SSSR count). The first-order valence-electron chi connectivity index (χ1n) is 12.0. The highest BCUT2D eigenvalue weighted by atomic mass is 16.2. The van der Waals surface area contributed by atoms with Gasteiger partial charge in [-0.15, -0.1) is 0 Å². The normalized spacial score (nSPS) is 15.2. The zero-order valence-electron chi connectivity index (χ0n) is 19.3. The van der Waals surface area contributed by atoms with Gasteiger partial charge in [0, 0.05) is 24.3 Å². The molecule has 0 saturated carbocycles. The van der Waals surface area contributed by atoms with Crippen LogP contribution in [0.25, 0.3) is 11.1 Å². The molecule has 3 N–H and O–H groups in total. The summed E-state index contributed by atoms with van der Waals surface area (Å²) < 4.78 is 0. The Kier molecular flexibility index (Phi) is 6.32. The van der Waals surface area contributed by atoms with Crippen LogP contribution in [0.5, 0.6) is 0 Å². The maximum atomic E-state index is 13.0. The topological polar surface area (TPSA) is 78.7 Å². The molecule has 0 spiro atoms. The lowest BCUT2D eigenvalue weighted by Gasteiger charge is -2.28. The Balaban J connectivity index is 1.52. The Morgan fingerprint density at radius 1 is 0.971 bits per heavy atom. The zero-order valence-corrected chi connectivity index (χ0v) is 19.3. The largest absolute Gasteiger partial charge is 0.366 e. The summed E-state index contributed by atoms with van der Waals surface area (Å²) in [7, 11) is 0. The molecule has 2 heterocycles. The van der Waals surface area contributed by atoms with Crippen LogP contribution < -0.4 is 16.0 Å². The SMILES string of the molecule is NC(=O)c1ccc(N(CCCN2CCCC2)c2ccc(-c3ccccc3)c3c2C(=O)NC3)cc1. The third-order valence-electron chi connectivity index (χ3n) is 6.84. The number of carbonyl (C=O) groups excluding carboxylic acids is 2. The number of amides is 2. The van der Waals surface area contributed by atoms with Crippen LogP contribution in [0.3, 0.4) is 0 Å². The van der Waals surface area contributed by atoms with Crippen LogP contribution in [0, 0.1) is 0 Å². The van der Waals surface area contributed by atoms with Gasteiger partial charge in [-0.2, -0.15) is 0 Å². The van der Waals surface area contributed by atoms with Gasteiger partial charge >= 0.3 is 0 Å². The fourth-order valence-electron chi connectivity index (χ4n) is 5.10. The monoisotopic (exact) mass is 454 g/mol. The quantitative estimate of drug-likeness (QED) is 0.531. The summed E-state index contributed by atoms with van der Waals surface area (Å²) in [5.41, 5.74) is 11.7. The highest BCUT2D eigenvalue weighted by Gasteiger charge is 2.29. The highest BCUT2D eigenvalue weighted by molar-refractivity contribution is 6.06. The van der Waals surface area contributed by atoms with Gasteiger partial charge in [0.25, 0.3) is 5.91 Å². The predicted molar refractivity (Wildman–Crippen MR) is 135 cm³/mol. The Hall–Kier alpha value is -3.64. The molecule has 3 aromatic carbocycles. The fraction of sp³-hybridized carbons (Fsp3) is 0.286. The standard InChI is InChI=1S/C28H30N4O2/c29-27(33)21-9-11-22(12-10-21)32(18-6-17-31-15-4-5-16-31)25-14-13-23(20-7-2-1-3-8-20)24-19-30-28(34)26(24)25/h1-3,7-14H,4-6,15-19H2,(H2,29,33)(H,30,34). The lowest BCUT2D eigenvalue weighted by atomic mass is 9.95. The van der Waals surface area contributed by atoms with E-state index in [4.69, 9.17) is 5.73 Å². The molecule has 0 unspecified atom stereocenters. The number of rotatable bonds is 8. The summed E-state index contributed by atoms with van der Waals surface area (Å²) in [6.07, 6.45) is 3.52. The van der Waals surface area contributed by atoms with Crippen LogP contribution in [-0.4, -0.2) is 42.9 Å². The minimum atomic E-state index is -0.445. The van der Waals surface area contributed by atoms with Crippen LogP contribution in [0.2, 0.25) is 0 Å². The van der Waals surface area contributed by atoms with Crippen molar-refractivity contribution < 1.29 is 9.59 Å². The molecular formula is C28H30N4O2. The molecule has 6 heteroatoms. The molecular weight excluding hydrogens is 424 g/mol. The van der Waals surface area contributed by atoms with Gasteiger partial charge in [0.2, 0.25) is 5.91 Å². The maximum Gasteiger partial charge on any atom is 0.254 e. The van der Waals surface area contributed by atoms with Crippen molar-refractivity contribution in [2.45, 2.75) is 25.8 Å². The van der Waals surface area contributed by atoms with Crippen molar-refractivity contribution in [3.63, 3.8) is 0 Å². The summed E-state index contributed by atoms with van der Waals surface area (Å²) in [5, 5.41) is 3.03. The lowest BCUT2D eigenvalue weighted by Crippen LogP contribution is -2.27. The molecule has 3 aromatic rings. The molecule has 0 bridgehead atoms. The Labute approximate surface area is 200 Å². The predicted octanol–water partition coefficient (Wildman–Crippen LogP) is 4.32. The number of nitrogens with two attached hydrogens (primary N) is 1. The number of carbonyl (C=O) groups is 2. The number of nitrogens with one attached hydrogen (secondary N) is 1. The van der Waals surface area contributed by atoms with Gasteiger partial charge in [-0.1, -0.05) is 36.4 Å². The Morgan fingerprint density at radius 3 is 2.41 bits per heavy atom. The van der Waals surface area contributed by atoms with Crippen LogP contribution in [0.4, 0.5) is 11.4 Å². The maximum absolute atomic E-state index is 13.0. The first-order valence-corrected chi connectivity index (χ1v) is 12.0. The van der Waals surface area contributed by atoms with Gasteiger partial charge in [-0.05, 0) is 85.9 Å². The van der Waals surface area contributed by atoms with Crippen molar-refractivity contribution in [1.82, 2.24) is 10.2 Å². The summed E-state index contributed by atoms with van der Waals surface area (Å²) in [6.45, 7) is 4.66. The molecule has 2 aliphatic heterocycles. The number of hydrogen-bond acceptors (Lipinski definition) is 4. The van der Waals surface area contributed by atoms with E-state index in [0.717, 1.165) is 66.2 Å². The van der Waals surface area contributed by atoms with E-state index in [0.29, 0.717) is 12.1 Å². The smallest absolute Gasteiger partial charge is 0.254 e. The summed E-state index contributed by atoms with van der Waals surface area (Å²) >= 11 is 0. The Bertz CT molecular complexity index is 1190. The molecule has 1 fully saturated rings. The Morgan fingerprint density at radius 2 is 1.71 bits per heavy atom. The minimum absolute atomic E-state index is 0.0407. The van der Waals surface area contributed by atoms with Crippen molar-refractivity contribution in [3.05, 3.63) is 83.4 Å². The molecule has 174 valence electrons. The van der Waals surface area contributed by atoms with Gasteiger partial charge in [-0.3, -0.25) is 9.59 Å². The van der Waals surface area contributed by atoms with E-state index in [1.54, 1.807) is 12.1 Å². The molecule has 2 amide bonds. The van der Waals surface area contributed by atoms with Gasteiger partial charge in [0.05, 0.1) is 11.3 Å². The second-order valence-electron chi connectivity index (χ2n) is 9.00. The molecule has 0 atom stereocenters. The van der Waals surface area contributed by atoms with Crippen LogP contribution in [-0.2, 0) is 6.54 Å².